The van der Waals surface area contributed by atoms with Crippen LogP contribution < -0.4 is 15.4 Å². The molecule has 0 saturated heterocycles. The molecule has 138 valence electrons. The molecule has 1 heterocycles. The summed E-state index contributed by atoms with van der Waals surface area (Å²) in [6.45, 7) is 2.27. The summed E-state index contributed by atoms with van der Waals surface area (Å²) >= 11 is 0. The minimum Gasteiger partial charge on any atom is -0.508 e. The van der Waals surface area contributed by atoms with Gasteiger partial charge in [0.2, 0.25) is 0 Å². The molecule has 3 N–H and O–H groups in total. The number of carbonyl (C=O) groups excluding carboxylic acids is 2. The third-order valence-electron chi connectivity index (χ3n) is 3.82. The molecule has 1 aromatic carbocycles. The molecule has 1 unspecified atom stereocenters. The van der Waals surface area contributed by atoms with Crippen molar-refractivity contribution in [3.8, 4) is 11.5 Å². The lowest BCUT2D eigenvalue weighted by molar-refractivity contribution is -0.135. The minimum atomic E-state index is -0.333. The third-order valence-corrected chi connectivity index (χ3v) is 3.82. The fourth-order valence-electron chi connectivity index (χ4n) is 2.59. The van der Waals surface area contributed by atoms with E-state index in [-0.39, 0.29) is 30.1 Å². The van der Waals surface area contributed by atoms with Crippen LogP contribution in [0.2, 0.25) is 0 Å². The lowest BCUT2D eigenvalue weighted by Gasteiger charge is -2.24. The Bertz CT molecular complexity index is 593. The number of hydrogen-bond acceptors (Lipinski definition) is 6. The Hall–Kier alpha value is -2.32. The number of fused-ring (bicyclic) bond motifs is 1. The topological polar surface area (TPSA) is 106 Å². The molecule has 0 aliphatic carbocycles. The quantitative estimate of drug-likeness (QED) is 0.350. The van der Waals surface area contributed by atoms with Gasteiger partial charge in [0.25, 0.3) is 0 Å². The lowest BCUT2D eigenvalue weighted by atomic mass is 9.90. The number of phenols is 1. The fraction of sp³-hybridized carbons (Fsp3) is 0.529. The molecular formula is C17H24N2O6. The number of phenolic OH excluding ortho intramolecular Hbond substituents is 1. The van der Waals surface area contributed by atoms with Gasteiger partial charge in [-0.05, 0) is 24.0 Å². The highest BCUT2D eigenvalue weighted by Gasteiger charge is 2.27. The van der Waals surface area contributed by atoms with Crippen molar-refractivity contribution in [3.05, 3.63) is 23.8 Å². The van der Waals surface area contributed by atoms with Gasteiger partial charge in [-0.25, -0.2) is 4.79 Å². The Balaban J connectivity index is 1.69. The molecule has 1 aliphatic rings. The van der Waals surface area contributed by atoms with Crippen molar-refractivity contribution < 1.29 is 28.9 Å². The number of aromatic hydroxyl groups is 1. The zero-order chi connectivity index (χ0) is 18.1. The van der Waals surface area contributed by atoms with Crippen molar-refractivity contribution in [2.45, 2.75) is 18.8 Å². The number of ether oxygens (including phenoxy) is 3. The number of hydrogen-bond donors (Lipinski definition) is 3. The highest BCUT2D eigenvalue weighted by Crippen LogP contribution is 2.37. The molecule has 25 heavy (non-hydrogen) atoms. The predicted octanol–water partition coefficient (Wildman–Crippen LogP) is 1.14. The standard InChI is InChI=1S/C17H24N2O6/c1-23-8-9-24-7-6-19-17(22)18-5-4-12-10-16(21)25-15-11-13(20)2-3-14(12)15/h2-3,11-12,20H,4-10H2,1H3,(H2,18,19,22). The first-order valence-electron chi connectivity index (χ1n) is 8.22. The van der Waals surface area contributed by atoms with E-state index in [1.807, 2.05) is 0 Å². The van der Waals surface area contributed by atoms with Gasteiger partial charge in [-0.15, -0.1) is 0 Å². The van der Waals surface area contributed by atoms with Crippen LogP contribution in [-0.4, -0.2) is 57.1 Å². The average Bonchev–Trinajstić information content (AvgIpc) is 2.57. The Kier molecular flexibility index (Phi) is 7.49. The number of methoxy groups -OCH3 is 1. The molecule has 0 saturated carbocycles. The van der Waals surface area contributed by atoms with Crippen molar-refractivity contribution in [1.82, 2.24) is 10.6 Å². The van der Waals surface area contributed by atoms with Gasteiger partial charge < -0.3 is 30.0 Å². The first kappa shape index (κ1) is 19.0. The van der Waals surface area contributed by atoms with E-state index < -0.39 is 0 Å². The van der Waals surface area contributed by atoms with Gasteiger partial charge in [-0.1, -0.05) is 6.07 Å². The maximum absolute atomic E-state index is 11.7. The van der Waals surface area contributed by atoms with Crippen molar-refractivity contribution in [1.29, 1.82) is 0 Å². The first-order chi connectivity index (χ1) is 12.1. The van der Waals surface area contributed by atoms with Gasteiger partial charge >= 0.3 is 12.0 Å². The average molecular weight is 352 g/mol. The smallest absolute Gasteiger partial charge is 0.314 e. The number of urea groups is 1. The Morgan fingerprint density at radius 1 is 1.28 bits per heavy atom. The molecule has 1 aromatic rings. The SMILES string of the molecule is COCCOCCNC(=O)NCCC1CC(=O)Oc2cc(O)ccc21. The van der Waals surface area contributed by atoms with Crippen LogP contribution in [0.15, 0.2) is 18.2 Å². The fourth-order valence-corrected chi connectivity index (χ4v) is 2.59. The maximum Gasteiger partial charge on any atom is 0.314 e. The van der Waals surface area contributed by atoms with Crippen LogP contribution in [0, 0.1) is 0 Å². The van der Waals surface area contributed by atoms with E-state index in [9.17, 15) is 14.7 Å². The van der Waals surface area contributed by atoms with E-state index in [1.54, 1.807) is 19.2 Å². The van der Waals surface area contributed by atoms with Crippen molar-refractivity contribution in [2.24, 2.45) is 0 Å². The summed E-state index contributed by atoms with van der Waals surface area (Å²) in [4.78, 5) is 23.4. The van der Waals surface area contributed by atoms with Gasteiger partial charge in [0, 0.05) is 26.3 Å². The van der Waals surface area contributed by atoms with Crippen LogP contribution in [-0.2, 0) is 14.3 Å². The van der Waals surface area contributed by atoms with Crippen LogP contribution in [0.3, 0.4) is 0 Å². The second kappa shape index (κ2) is 9.85. The normalized spacial score (nSPS) is 16.0. The zero-order valence-electron chi connectivity index (χ0n) is 14.2. The molecular weight excluding hydrogens is 328 g/mol. The summed E-state index contributed by atoms with van der Waals surface area (Å²) < 4.78 is 15.2. The predicted molar refractivity (Wildman–Crippen MR) is 89.8 cm³/mol. The van der Waals surface area contributed by atoms with Crippen LogP contribution >= 0.6 is 0 Å². The molecule has 1 aliphatic heterocycles. The summed E-state index contributed by atoms with van der Waals surface area (Å²) in [5.74, 6) is 0.0617. The summed E-state index contributed by atoms with van der Waals surface area (Å²) in [7, 11) is 1.60. The first-order valence-corrected chi connectivity index (χ1v) is 8.22. The van der Waals surface area contributed by atoms with E-state index in [0.29, 0.717) is 45.1 Å². The van der Waals surface area contributed by atoms with Gasteiger partial charge in [0.1, 0.15) is 11.5 Å². The van der Waals surface area contributed by atoms with Gasteiger partial charge in [-0.2, -0.15) is 0 Å². The van der Waals surface area contributed by atoms with E-state index in [0.717, 1.165) is 5.56 Å². The van der Waals surface area contributed by atoms with Crippen molar-refractivity contribution in [2.75, 3.05) is 40.0 Å². The van der Waals surface area contributed by atoms with Crippen molar-refractivity contribution >= 4 is 12.0 Å². The van der Waals surface area contributed by atoms with Gasteiger partial charge in [-0.3, -0.25) is 4.79 Å². The highest BCUT2D eigenvalue weighted by atomic mass is 16.5. The summed E-state index contributed by atoms with van der Waals surface area (Å²) in [5.41, 5.74) is 0.867. The van der Waals surface area contributed by atoms with E-state index in [2.05, 4.69) is 10.6 Å². The largest absolute Gasteiger partial charge is 0.508 e. The molecule has 0 fully saturated rings. The van der Waals surface area contributed by atoms with Crippen LogP contribution in [0.4, 0.5) is 4.79 Å². The molecule has 0 spiro atoms. The Morgan fingerprint density at radius 2 is 2.08 bits per heavy atom. The molecule has 8 nitrogen and oxygen atoms in total. The molecule has 0 bridgehead atoms. The Labute approximate surface area is 146 Å². The van der Waals surface area contributed by atoms with Crippen LogP contribution in [0.5, 0.6) is 11.5 Å². The maximum atomic E-state index is 11.7. The zero-order valence-corrected chi connectivity index (χ0v) is 14.2. The number of benzene rings is 1. The van der Waals surface area contributed by atoms with E-state index in [4.69, 9.17) is 14.2 Å². The van der Waals surface area contributed by atoms with E-state index in [1.165, 1.54) is 6.07 Å². The van der Waals surface area contributed by atoms with E-state index >= 15 is 0 Å². The second-order valence-corrected chi connectivity index (χ2v) is 5.67. The number of carbonyl (C=O) groups is 2. The molecule has 0 aromatic heterocycles. The second-order valence-electron chi connectivity index (χ2n) is 5.67. The number of nitrogens with one attached hydrogen (secondary N) is 2. The third kappa shape index (κ3) is 6.24. The molecule has 2 amide bonds. The molecule has 0 radical (unpaired) electrons. The number of rotatable bonds is 9. The lowest BCUT2D eigenvalue weighted by Crippen LogP contribution is -2.38. The van der Waals surface area contributed by atoms with Gasteiger partial charge in [0.15, 0.2) is 0 Å². The van der Waals surface area contributed by atoms with Gasteiger partial charge in [0.05, 0.1) is 26.2 Å². The number of esters is 1. The molecule has 1 atom stereocenters. The minimum absolute atomic E-state index is 0.0467. The monoisotopic (exact) mass is 352 g/mol. The summed E-state index contributed by atoms with van der Waals surface area (Å²) in [6, 6.07) is 4.47. The molecule has 2 rings (SSSR count). The Morgan fingerprint density at radius 3 is 2.88 bits per heavy atom. The van der Waals surface area contributed by atoms with Crippen molar-refractivity contribution in [3.63, 3.8) is 0 Å². The molecule has 8 heteroatoms. The van der Waals surface area contributed by atoms with Crippen LogP contribution in [0.1, 0.15) is 24.3 Å². The summed E-state index contributed by atoms with van der Waals surface area (Å²) in [5, 5.41) is 14.9. The van der Waals surface area contributed by atoms with Crippen LogP contribution in [0.25, 0.3) is 0 Å². The highest BCUT2D eigenvalue weighted by molar-refractivity contribution is 5.77. The summed E-state index contributed by atoms with van der Waals surface area (Å²) in [6.07, 6.45) is 0.860. The number of amides is 2.